The van der Waals surface area contributed by atoms with Gasteiger partial charge in [-0.1, -0.05) is 6.42 Å². The van der Waals surface area contributed by atoms with Gasteiger partial charge in [-0.15, -0.1) is 0 Å². The Kier molecular flexibility index (Phi) is 9.11. The van der Waals surface area contributed by atoms with Crippen molar-refractivity contribution >= 4 is 18.0 Å². The molecule has 128 valence electrons. The van der Waals surface area contributed by atoms with Gasteiger partial charge in [-0.2, -0.15) is 0 Å². The van der Waals surface area contributed by atoms with Gasteiger partial charge in [0.1, 0.15) is 18.2 Å². The first-order valence-corrected chi connectivity index (χ1v) is 7.10. The summed E-state index contributed by atoms with van der Waals surface area (Å²) in [5.41, 5.74) is 9.57. The summed E-state index contributed by atoms with van der Waals surface area (Å²) in [6.45, 7) is 5.14. The highest BCUT2D eigenvalue weighted by Crippen LogP contribution is 2.06. The van der Waals surface area contributed by atoms with Crippen molar-refractivity contribution in [1.29, 1.82) is 0 Å². The molecule has 0 rings (SSSR count). The van der Waals surface area contributed by atoms with E-state index >= 15 is 0 Å². The maximum atomic E-state index is 11.9. The zero-order valence-corrected chi connectivity index (χ0v) is 13.3. The van der Waals surface area contributed by atoms with Gasteiger partial charge in [-0.05, 0) is 40.2 Å². The number of carboxylic acid groups (broad SMARTS) is 1. The van der Waals surface area contributed by atoms with E-state index < -0.39 is 36.2 Å². The molecule has 0 fully saturated rings. The predicted molar refractivity (Wildman–Crippen MR) is 79.8 cm³/mol. The Morgan fingerprint density at radius 3 is 2.36 bits per heavy atom. The van der Waals surface area contributed by atoms with E-state index in [-0.39, 0.29) is 0 Å². The lowest BCUT2D eigenvalue weighted by molar-refractivity contribution is -0.138. The van der Waals surface area contributed by atoms with E-state index in [1.165, 1.54) is 0 Å². The highest BCUT2D eigenvalue weighted by molar-refractivity contribution is 5.85. The van der Waals surface area contributed by atoms with Gasteiger partial charge < -0.3 is 20.9 Å². The van der Waals surface area contributed by atoms with Crippen LogP contribution in [-0.2, 0) is 14.3 Å². The van der Waals surface area contributed by atoms with Crippen LogP contribution in [0.1, 0.15) is 40.0 Å². The minimum atomic E-state index is -1.14. The molecule has 0 aromatic rings. The van der Waals surface area contributed by atoms with Crippen LogP contribution in [0.2, 0.25) is 0 Å². The summed E-state index contributed by atoms with van der Waals surface area (Å²) < 4.78 is 5.03. The molecular formula is C13H26N4O5. The van der Waals surface area contributed by atoms with Gasteiger partial charge in [-0.3, -0.25) is 15.0 Å². The van der Waals surface area contributed by atoms with E-state index in [1.807, 2.05) is 0 Å². The maximum Gasteiger partial charge on any atom is 0.422 e. The van der Waals surface area contributed by atoms with E-state index in [2.05, 4.69) is 16.2 Å². The van der Waals surface area contributed by atoms with Gasteiger partial charge in [0.05, 0.1) is 0 Å². The normalized spacial score (nSPS) is 12.4. The Morgan fingerprint density at radius 1 is 1.23 bits per heavy atom. The van der Waals surface area contributed by atoms with Crippen molar-refractivity contribution in [2.45, 2.75) is 51.7 Å². The van der Waals surface area contributed by atoms with Crippen molar-refractivity contribution in [3.8, 4) is 0 Å². The molecule has 0 heterocycles. The number of amides is 2. The Bertz CT molecular complexity index is 381. The van der Waals surface area contributed by atoms with Crippen LogP contribution in [0.15, 0.2) is 0 Å². The molecule has 0 aliphatic heterocycles. The third kappa shape index (κ3) is 10.9. The van der Waals surface area contributed by atoms with Crippen LogP contribution < -0.4 is 21.9 Å². The average Bonchev–Trinajstić information content (AvgIpc) is 2.37. The number of ether oxygens (including phenoxy) is 1. The van der Waals surface area contributed by atoms with Crippen molar-refractivity contribution in [1.82, 2.24) is 16.2 Å². The molecular weight excluding hydrogens is 292 g/mol. The first-order chi connectivity index (χ1) is 10.2. The van der Waals surface area contributed by atoms with Crippen molar-refractivity contribution in [2.24, 2.45) is 5.73 Å². The van der Waals surface area contributed by atoms with E-state index in [9.17, 15) is 14.4 Å². The monoisotopic (exact) mass is 318 g/mol. The quantitative estimate of drug-likeness (QED) is 0.290. The number of hydrogen-bond acceptors (Lipinski definition) is 6. The highest BCUT2D eigenvalue weighted by Gasteiger charge is 2.21. The zero-order valence-electron chi connectivity index (χ0n) is 13.3. The molecule has 9 nitrogen and oxygen atoms in total. The molecule has 6 N–H and O–H groups in total. The fourth-order valence-electron chi connectivity index (χ4n) is 1.50. The average molecular weight is 318 g/mol. The number of carboxylic acids is 1. The van der Waals surface area contributed by atoms with E-state index in [0.29, 0.717) is 19.4 Å². The molecule has 0 aliphatic rings. The minimum Gasteiger partial charge on any atom is -0.480 e. The molecule has 0 aromatic heterocycles. The summed E-state index contributed by atoms with van der Waals surface area (Å²) in [4.78, 5) is 33.9. The minimum absolute atomic E-state index is 0.401. The fraction of sp³-hybridized carbons (Fsp3) is 0.769. The van der Waals surface area contributed by atoms with Gasteiger partial charge in [0, 0.05) is 0 Å². The molecule has 9 heteroatoms. The van der Waals surface area contributed by atoms with Gasteiger partial charge in [-0.25, -0.2) is 10.2 Å². The summed E-state index contributed by atoms with van der Waals surface area (Å²) in [6, 6.07) is -0.765. The maximum absolute atomic E-state index is 11.9. The Morgan fingerprint density at radius 2 is 1.86 bits per heavy atom. The Labute approximate surface area is 129 Å². The van der Waals surface area contributed by atoms with Gasteiger partial charge in [0.2, 0.25) is 5.91 Å². The Hall–Kier alpha value is -1.87. The Balaban J connectivity index is 4.42. The van der Waals surface area contributed by atoms with Crippen LogP contribution in [0.5, 0.6) is 0 Å². The summed E-state index contributed by atoms with van der Waals surface area (Å²) in [7, 11) is 0. The number of aliphatic carboxylic acids is 1. The second kappa shape index (κ2) is 9.96. The molecule has 0 aromatic carbocycles. The van der Waals surface area contributed by atoms with Crippen LogP contribution in [0.25, 0.3) is 0 Å². The molecule has 0 spiro atoms. The standard InChI is InChI=1S/C13H26N4O5/c1-13(2,3)22-12(21)17-16-9(6-4-5-7-14)11(20)15-8-10(18)19/h9,16H,4-8,14H2,1-3H3,(H,15,20)(H,17,21)(H,18,19). The lowest BCUT2D eigenvalue weighted by Gasteiger charge is -2.22. The second-order valence-electron chi connectivity index (χ2n) is 5.72. The summed E-state index contributed by atoms with van der Waals surface area (Å²) in [5, 5.41) is 10.8. The van der Waals surface area contributed by atoms with Gasteiger partial charge >= 0.3 is 12.1 Å². The zero-order chi connectivity index (χ0) is 17.2. The third-order valence-electron chi connectivity index (χ3n) is 2.42. The fourth-order valence-corrected chi connectivity index (χ4v) is 1.50. The molecule has 0 radical (unpaired) electrons. The first kappa shape index (κ1) is 20.1. The van der Waals surface area contributed by atoms with Crippen molar-refractivity contribution in [3.05, 3.63) is 0 Å². The summed E-state index contributed by atoms with van der Waals surface area (Å²) in [5.74, 6) is -1.66. The summed E-state index contributed by atoms with van der Waals surface area (Å²) in [6.07, 6.45) is 1.06. The number of hydrazine groups is 1. The molecule has 0 saturated heterocycles. The molecule has 0 bridgehead atoms. The third-order valence-corrected chi connectivity index (χ3v) is 2.42. The van der Waals surface area contributed by atoms with Crippen molar-refractivity contribution < 1.29 is 24.2 Å². The largest absolute Gasteiger partial charge is 0.480 e. The second-order valence-corrected chi connectivity index (χ2v) is 5.72. The molecule has 2 amide bonds. The lowest BCUT2D eigenvalue weighted by Crippen LogP contribution is -2.53. The van der Waals surface area contributed by atoms with Crippen molar-refractivity contribution in [2.75, 3.05) is 13.1 Å². The number of carbonyl (C=O) groups is 3. The smallest absolute Gasteiger partial charge is 0.422 e. The predicted octanol–water partition coefficient (Wildman–Crippen LogP) is -0.286. The number of carbonyl (C=O) groups excluding carboxylic acids is 2. The van der Waals surface area contributed by atoms with Gasteiger partial charge in [0.15, 0.2) is 0 Å². The first-order valence-electron chi connectivity index (χ1n) is 7.10. The molecule has 0 aliphatic carbocycles. The van der Waals surface area contributed by atoms with Crippen LogP contribution >= 0.6 is 0 Å². The number of unbranched alkanes of at least 4 members (excludes halogenated alkanes) is 1. The number of nitrogens with two attached hydrogens (primary N) is 1. The van der Waals surface area contributed by atoms with E-state index in [1.54, 1.807) is 20.8 Å². The van der Waals surface area contributed by atoms with Crippen LogP contribution in [0.4, 0.5) is 4.79 Å². The van der Waals surface area contributed by atoms with Crippen LogP contribution in [0.3, 0.4) is 0 Å². The highest BCUT2D eigenvalue weighted by atomic mass is 16.6. The van der Waals surface area contributed by atoms with E-state index in [4.69, 9.17) is 15.6 Å². The molecule has 22 heavy (non-hydrogen) atoms. The summed E-state index contributed by atoms with van der Waals surface area (Å²) >= 11 is 0. The van der Waals surface area contributed by atoms with Crippen LogP contribution in [-0.4, -0.2) is 47.8 Å². The number of nitrogens with one attached hydrogen (secondary N) is 3. The van der Waals surface area contributed by atoms with E-state index in [0.717, 1.165) is 6.42 Å². The molecule has 1 atom stereocenters. The molecule has 0 saturated carbocycles. The van der Waals surface area contributed by atoms with Crippen molar-refractivity contribution in [3.63, 3.8) is 0 Å². The van der Waals surface area contributed by atoms with Crippen LogP contribution in [0, 0.1) is 0 Å². The number of rotatable bonds is 9. The lowest BCUT2D eigenvalue weighted by atomic mass is 10.1. The molecule has 1 unspecified atom stereocenters. The number of hydrogen-bond donors (Lipinski definition) is 5. The van der Waals surface area contributed by atoms with Gasteiger partial charge in [0.25, 0.3) is 0 Å². The SMILES string of the molecule is CC(C)(C)OC(=O)NNC(CCCCN)C(=O)NCC(=O)O. The topological polar surface area (TPSA) is 143 Å².